The Morgan fingerprint density at radius 3 is 2.88 bits per heavy atom. The molecule has 0 saturated heterocycles. The van der Waals surface area contributed by atoms with Gasteiger partial charge in [-0.05, 0) is 41.5 Å². The molecule has 0 saturated carbocycles. The zero-order chi connectivity index (χ0) is 18.0. The van der Waals surface area contributed by atoms with Crippen LogP contribution in [0.25, 0.3) is 0 Å². The topological polar surface area (TPSA) is 111 Å². The number of nitrogens with one attached hydrogen (secondary N) is 1. The Hall–Kier alpha value is -3.10. The Labute approximate surface area is 144 Å². The number of tetrazole rings is 1. The standard InChI is InChI=1S/C16H19N5O4/c1-4-10-13(15(23)24-3)14(21-16(17-10)18-19-20-21)9-6-7-11(22)12(8-9)25-5-2/h6-8,14,22H,4-5H2,1-3H3,(H,17,18,20). The van der Waals surface area contributed by atoms with Gasteiger partial charge in [0.05, 0.1) is 19.3 Å². The summed E-state index contributed by atoms with van der Waals surface area (Å²) < 4.78 is 11.9. The van der Waals surface area contributed by atoms with Crippen LogP contribution in [0.3, 0.4) is 0 Å². The van der Waals surface area contributed by atoms with Crippen LogP contribution >= 0.6 is 0 Å². The number of methoxy groups -OCH3 is 1. The van der Waals surface area contributed by atoms with E-state index in [1.54, 1.807) is 12.1 Å². The summed E-state index contributed by atoms with van der Waals surface area (Å²) in [7, 11) is 1.33. The van der Waals surface area contributed by atoms with Crippen molar-refractivity contribution in [3.8, 4) is 11.5 Å². The van der Waals surface area contributed by atoms with E-state index in [0.29, 0.717) is 41.6 Å². The van der Waals surface area contributed by atoms with E-state index in [1.165, 1.54) is 17.9 Å². The zero-order valence-electron chi connectivity index (χ0n) is 14.2. The first-order valence-corrected chi connectivity index (χ1v) is 7.92. The first kappa shape index (κ1) is 16.7. The summed E-state index contributed by atoms with van der Waals surface area (Å²) in [6, 6.07) is 4.31. The van der Waals surface area contributed by atoms with Gasteiger partial charge in [0.2, 0.25) is 5.95 Å². The molecule has 0 amide bonds. The third-order valence-corrected chi connectivity index (χ3v) is 3.96. The molecule has 1 aliphatic heterocycles. The van der Waals surface area contributed by atoms with Gasteiger partial charge in [-0.3, -0.25) is 0 Å². The van der Waals surface area contributed by atoms with Gasteiger partial charge < -0.3 is 19.9 Å². The van der Waals surface area contributed by atoms with Crippen LogP contribution in [0.4, 0.5) is 5.95 Å². The lowest BCUT2D eigenvalue weighted by Gasteiger charge is -2.28. The van der Waals surface area contributed by atoms with E-state index in [4.69, 9.17) is 9.47 Å². The lowest BCUT2D eigenvalue weighted by atomic mass is 9.94. The van der Waals surface area contributed by atoms with Crippen LogP contribution in [-0.2, 0) is 9.53 Å². The molecule has 0 bridgehead atoms. The maximum absolute atomic E-state index is 12.4. The zero-order valence-corrected chi connectivity index (χ0v) is 14.2. The molecule has 9 nitrogen and oxygen atoms in total. The molecule has 2 aromatic rings. The Bertz CT molecular complexity index is 830. The average molecular weight is 345 g/mol. The number of phenolic OH excluding ortho intramolecular Hbond substituents is 1. The van der Waals surface area contributed by atoms with Crippen LogP contribution in [-0.4, -0.2) is 45.0 Å². The van der Waals surface area contributed by atoms with Gasteiger partial charge in [0.15, 0.2) is 11.5 Å². The second-order valence-electron chi connectivity index (χ2n) is 5.37. The Morgan fingerprint density at radius 1 is 1.40 bits per heavy atom. The van der Waals surface area contributed by atoms with Gasteiger partial charge in [-0.15, -0.1) is 0 Å². The highest BCUT2D eigenvalue weighted by Gasteiger charge is 2.35. The number of aromatic nitrogens is 4. The minimum atomic E-state index is -0.589. The van der Waals surface area contributed by atoms with E-state index in [0.717, 1.165) is 0 Å². The average Bonchev–Trinajstić information content (AvgIpc) is 3.09. The first-order valence-electron chi connectivity index (χ1n) is 7.92. The molecule has 1 aromatic carbocycles. The lowest BCUT2D eigenvalue weighted by molar-refractivity contribution is -0.136. The Morgan fingerprint density at radius 2 is 2.20 bits per heavy atom. The van der Waals surface area contributed by atoms with Crippen molar-refractivity contribution in [2.75, 3.05) is 19.0 Å². The minimum absolute atomic E-state index is 0.0239. The van der Waals surface area contributed by atoms with Crippen molar-refractivity contribution in [3.05, 3.63) is 35.0 Å². The van der Waals surface area contributed by atoms with Crippen molar-refractivity contribution in [1.29, 1.82) is 0 Å². The fraction of sp³-hybridized carbons (Fsp3) is 0.375. The van der Waals surface area contributed by atoms with Gasteiger partial charge >= 0.3 is 5.97 Å². The quantitative estimate of drug-likeness (QED) is 0.787. The van der Waals surface area contributed by atoms with Crippen molar-refractivity contribution >= 4 is 11.9 Å². The van der Waals surface area contributed by atoms with Crippen molar-refractivity contribution in [3.63, 3.8) is 0 Å². The molecule has 1 atom stereocenters. The van der Waals surface area contributed by atoms with Gasteiger partial charge in [-0.25, -0.2) is 4.79 Å². The fourth-order valence-corrected chi connectivity index (χ4v) is 2.84. The highest BCUT2D eigenvalue weighted by Crippen LogP contribution is 2.38. The molecule has 1 aliphatic rings. The van der Waals surface area contributed by atoms with Gasteiger partial charge in [-0.2, -0.15) is 4.68 Å². The summed E-state index contributed by atoms with van der Waals surface area (Å²) in [6.45, 7) is 4.15. The lowest BCUT2D eigenvalue weighted by Crippen LogP contribution is -2.30. The van der Waals surface area contributed by atoms with Crippen LogP contribution in [0.2, 0.25) is 0 Å². The fourth-order valence-electron chi connectivity index (χ4n) is 2.84. The predicted octanol–water partition coefficient (Wildman–Crippen LogP) is 1.63. The number of anilines is 1. The second kappa shape index (κ2) is 6.80. The molecule has 25 heavy (non-hydrogen) atoms. The number of allylic oxidation sites excluding steroid dienone is 1. The van der Waals surface area contributed by atoms with Crippen LogP contribution in [0, 0.1) is 0 Å². The van der Waals surface area contributed by atoms with Crippen LogP contribution in [0.5, 0.6) is 11.5 Å². The number of ether oxygens (including phenoxy) is 2. The molecule has 0 aliphatic carbocycles. The molecular weight excluding hydrogens is 326 g/mol. The summed E-state index contributed by atoms with van der Waals surface area (Å²) >= 11 is 0. The number of fused-ring (bicyclic) bond motifs is 1. The monoisotopic (exact) mass is 345 g/mol. The third-order valence-electron chi connectivity index (χ3n) is 3.96. The highest BCUT2D eigenvalue weighted by molar-refractivity contribution is 5.92. The molecule has 3 rings (SSSR count). The van der Waals surface area contributed by atoms with E-state index in [-0.39, 0.29) is 5.75 Å². The number of carbonyl (C=O) groups excluding carboxylic acids is 1. The highest BCUT2D eigenvalue weighted by atomic mass is 16.5. The first-order chi connectivity index (χ1) is 12.1. The maximum Gasteiger partial charge on any atom is 0.338 e. The number of benzene rings is 1. The number of nitrogens with zero attached hydrogens (tertiary/aromatic N) is 4. The van der Waals surface area contributed by atoms with Gasteiger partial charge in [0.1, 0.15) is 6.04 Å². The molecule has 2 heterocycles. The van der Waals surface area contributed by atoms with Crippen LogP contribution in [0.1, 0.15) is 31.9 Å². The van der Waals surface area contributed by atoms with Crippen molar-refractivity contribution in [2.45, 2.75) is 26.3 Å². The number of rotatable bonds is 5. The molecule has 1 aromatic heterocycles. The van der Waals surface area contributed by atoms with Gasteiger partial charge in [0, 0.05) is 5.70 Å². The number of carbonyl (C=O) groups is 1. The molecular formula is C16H19N5O4. The normalized spacial score (nSPS) is 16.2. The Balaban J connectivity index is 2.18. The van der Waals surface area contributed by atoms with E-state index in [1.807, 2.05) is 13.8 Å². The van der Waals surface area contributed by atoms with Crippen molar-refractivity contribution in [2.24, 2.45) is 0 Å². The summed E-state index contributed by atoms with van der Waals surface area (Å²) in [5, 5.41) is 24.7. The van der Waals surface area contributed by atoms with Crippen LogP contribution < -0.4 is 10.1 Å². The summed E-state index contributed by atoms with van der Waals surface area (Å²) in [6.07, 6.45) is 0.574. The van der Waals surface area contributed by atoms with Gasteiger partial charge in [0.25, 0.3) is 0 Å². The summed E-state index contributed by atoms with van der Waals surface area (Å²) in [5.74, 6) is 0.313. The molecule has 0 fully saturated rings. The molecule has 9 heteroatoms. The van der Waals surface area contributed by atoms with E-state index in [9.17, 15) is 9.90 Å². The van der Waals surface area contributed by atoms with Crippen molar-refractivity contribution < 1.29 is 19.4 Å². The van der Waals surface area contributed by atoms with Crippen molar-refractivity contribution in [1.82, 2.24) is 20.2 Å². The number of hydrogen-bond acceptors (Lipinski definition) is 8. The largest absolute Gasteiger partial charge is 0.504 e. The van der Waals surface area contributed by atoms with E-state index >= 15 is 0 Å². The predicted molar refractivity (Wildman–Crippen MR) is 88.2 cm³/mol. The number of hydrogen-bond donors (Lipinski definition) is 2. The number of esters is 1. The maximum atomic E-state index is 12.4. The molecule has 132 valence electrons. The molecule has 0 radical (unpaired) electrons. The SMILES string of the molecule is CCOc1cc(C2C(C(=O)OC)=C(CC)Nc3nnnn32)ccc1O. The van der Waals surface area contributed by atoms with Crippen LogP contribution in [0.15, 0.2) is 29.5 Å². The van der Waals surface area contributed by atoms with E-state index in [2.05, 4.69) is 20.8 Å². The minimum Gasteiger partial charge on any atom is -0.504 e. The van der Waals surface area contributed by atoms with E-state index < -0.39 is 12.0 Å². The smallest absolute Gasteiger partial charge is 0.338 e. The Kier molecular flexibility index (Phi) is 4.55. The summed E-state index contributed by atoms with van der Waals surface area (Å²) in [5.41, 5.74) is 1.80. The summed E-state index contributed by atoms with van der Waals surface area (Å²) in [4.78, 5) is 12.4. The number of aromatic hydroxyl groups is 1. The molecule has 0 spiro atoms. The van der Waals surface area contributed by atoms with Gasteiger partial charge in [-0.1, -0.05) is 18.1 Å². The number of phenols is 1. The molecule has 2 N–H and O–H groups in total. The second-order valence-corrected chi connectivity index (χ2v) is 5.37. The molecule has 1 unspecified atom stereocenters. The third kappa shape index (κ3) is 2.88.